The third-order valence-corrected chi connectivity index (χ3v) is 3.64. The molecule has 0 fully saturated rings. The molecule has 0 aliphatic carbocycles. The molecule has 2 aromatic rings. The summed E-state index contributed by atoms with van der Waals surface area (Å²) in [6, 6.07) is 15.1. The summed E-state index contributed by atoms with van der Waals surface area (Å²) in [4.78, 5) is 2.04. The van der Waals surface area contributed by atoms with Crippen LogP contribution in [0.15, 0.2) is 52.3 Å². The molecule has 0 unspecified atom stereocenters. The smallest absolute Gasteiger partial charge is 0.134 e. The lowest BCUT2D eigenvalue weighted by Crippen LogP contribution is -1.86. The number of ether oxygens (including phenoxy) is 1. The minimum Gasteiger partial charge on any atom is -0.496 e. The molecular weight excluding hydrogens is 266 g/mol. The number of methoxy groups -OCH3 is 1. The Morgan fingerprint density at radius 1 is 1.17 bits per heavy atom. The van der Waals surface area contributed by atoms with Crippen LogP contribution in [0, 0.1) is 11.3 Å². The van der Waals surface area contributed by atoms with Gasteiger partial charge in [0.25, 0.3) is 0 Å². The van der Waals surface area contributed by atoms with Gasteiger partial charge >= 0.3 is 0 Å². The van der Waals surface area contributed by atoms with Gasteiger partial charge in [-0.2, -0.15) is 5.26 Å². The van der Waals surface area contributed by atoms with Gasteiger partial charge in [-0.3, -0.25) is 0 Å². The molecule has 0 aliphatic heterocycles. The van der Waals surface area contributed by atoms with Gasteiger partial charge in [0.15, 0.2) is 0 Å². The molecule has 0 aromatic heterocycles. The molecule has 18 heavy (non-hydrogen) atoms. The molecule has 0 aliphatic rings. The molecule has 0 bridgehead atoms. The first-order valence-corrected chi connectivity index (χ1v) is 6.44. The van der Waals surface area contributed by atoms with Crippen molar-refractivity contribution in [1.82, 2.24) is 0 Å². The van der Waals surface area contributed by atoms with E-state index >= 15 is 0 Å². The standard InChI is InChI=1S/C14H10ClNOS/c1-17-13-8-11(15)4-7-14(13)18-12-5-2-10(9-16)3-6-12/h2-8H,1H3. The molecule has 0 spiro atoms. The van der Waals surface area contributed by atoms with E-state index in [9.17, 15) is 0 Å². The molecule has 0 saturated carbocycles. The normalized spacial score (nSPS) is 9.83. The monoisotopic (exact) mass is 275 g/mol. The summed E-state index contributed by atoms with van der Waals surface area (Å²) in [6.45, 7) is 0. The third-order valence-electron chi connectivity index (χ3n) is 2.34. The highest BCUT2D eigenvalue weighted by Gasteiger charge is 2.05. The minimum atomic E-state index is 0.649. The summed E-state index contributed by atoms with van der Waals surface area (Å²) in [5.74, 6) is 0.747. The van der Waals surface area contributed by atoms with Gasteiger partial charge in [0.05, 0.1) is 23.6 Å². The van der Waals surface area contributed by atoms with Gasteiger partial charge in [-0.25, -0.2) is 0 Å². The van der Waals surface area contributed by atoms with Crippen LogP contribution in [0.25, 0.3) is 0 Å². The SMILES string of the molecule is COc1cc(Cl)ccc1Sc1ccc(C#N)cc1. The van der Waals surface area contributed by atoms with Crippen LogP contribution in [0.5, 0.6) is 5.75 Å². The topological polar surface area (TPSA) is 33.0 Å². The van der Waals surface area contributed by atoms with Crippen LogP contribution in [-0.2, 0) is 0 Å². The van der Waals surface area contributed by atoms with Crippen LogP contribution in [0.3, 0.4) is 0 Å². The van der Waals surface area contributed by atoms with Crippen molar-refractivity contribution in [2.24, 2.45) is 0 Å². The molecule has 0 amide bonds. The molecule has 0 radical (unpaired) electrons. The minimum absolute atomic E-state index is 0.649. The maximum Gasteiger partial charge on any atom is 0.134 e. The van der Waals surface area contributed by atoms with E-state index in [-0.39, 0.29) is 0 Å². The van der Waals surface area contributed by atoms with Crippen molar-refractivity contribution >= 4 is 23.4 Å². The highest BCUT2D eigenvalue weighted by molar-refractivity contribution is 7.99. The summed E-state index contributed by atoms with van der Waals surface area (Å²) in [5.41, 5.74) is 0.655. The summed E-state index contributed by atoms with van der Waals surface area (Å²) in [5, 5.41) is 9.39. The fraction of sp³-hybridized carbons (Fsp3) is 0.0714. The van der Waals surface area contributed by atoms with Gasteiger partial charge < -0.3 is 4.74 Å². The number of benzene rings is 2. The van der Waals surface area contributed by atoms with Crippen LogP contribution < -0.4 is 4.74 Å². The predicted octanol–water partition coefficient (Wildman–Crippen LogP) is 4.37. The Morgan fingerprint density at radius 3 is 2.50 bits per heavy atom. The third kappa shape index (κ3) is 2.98. The Morgan fingerprint density at radius 2 is 1.89 bits per heavy atom. The predicted molar refractivity (Wildman–Crippen MR) is 73.3 cm³/mol. The largest absolute Gasteiger partial charge is 0.496 e. The van der Waals surface area contributed by atoms with E-state index in [4.69, 9.17) is 21.6 Å². The van der Waals surface area contributed by atoms with Crippen molar-refractivity contribution in [3.05, 3.63) is 53.1 Å². The van der Waals surface area contributed by atoms with Crippen molar-refractivity contribution in [1.29, 1.82) is 5.26 Å². The first-order chi connectivity index (χ1) is 8.72. The van der Waals surface area contributed by atoms with Crippen molar-refractivity contribution in [3.63, 3.8) is 0 Å². The van der Waals surface area contributed by atoms with E-state index in [1.807, 2.05) is 24.3 Å². The van der Waals surface area contributed by atoms with Gasteiger partial charge in [0, 0.05) is 9.92 Å². The van der Waals surface area contributed by atoms with Crippen LogP contribution in [0.4, 0.5) is 0 Å². The maximum absolute atomic E-state index is 8.74. The lowest BCUT2D eigenvalue weighted by atomic mass is 10.2. The molecule has 4 heteroatoms. The Labute approximate surface area is 115 Å². The van der Waals surface area contributed by atoms with Crippen molar-refractivity contribution in [2.45, 2.75) is 9.79 Å². The molecule has 90 valence electrons. The first-order valence-electron chi connectivity index (χ1n) is 5.24. The molecule has 2 rings (SSSR count). The number of halogens is 1. The van der Waals surface area contributed by atoms with Crippen LogP contribution in [-0.4, -0.2) is 7.11 Å². The second-order valence-corrected chi connectivity index (χ2v) is 5.09. The molecule has 0 N–H and O–H groups in total. The quantitative estimate of drug-likeness (QED) is 0.834. The Hall–Kier alpha value is -1.63. The van der Waals surface area contributed by atoms with Gasteiger partial charge in [0.1, 0.15) is 5.75 Å². The zero-order valence-corrected chi connectivity index (χ0v) is 11.3. The molecular formula is C14H10ClNOS. The summed E-state index contributed by atoms with van der Waals surface area (Å²) < 4.78 is 5.29. The Bertz CT molecular complexity index is 590. The fourth-order valence-corrected chi connectivity index (χ4v) is 2.52. The summed E-state index contributed by atoms with van der Waals surface area (Å²) >= 11 is 7.49. The zero-order chi connectivity index (χ0) is 13.0. The summed E-state index contributed by atoms with van der Waals surface area (Å²) in [6.07, 6.45) is 0. The van der Waals surface area contributed by atoms with Crippen LogP contribution in [0.1, 0.15) is 5.56 Å². The van der Waals surface area contributed by atoms with Crippen molar-refractivity contribution in [3.8, 4) is 11.8 Å². The van der Waals surface area contributed by atoms with E-state index < -0.39 is 0 Å². The first kappa shape index (κ1) is 12.8. The number of nitriles is 1. The van der Waals surface area contributed by atoms with Gasteiger partial charge in [-0.1, -0.05) is 23.4 Å². The van der Waals surface area contributed by atoms with Gasteiger partial charge in [-0.05, 0) is 42.5 Å². The van der Waals surface area contributed by atoms with E-state index in [1.165, 1.54) is 0 Å². The second kappa shape index (κ2) is 5.81. The van der Waals surface area contributed by atoms with Crippen molar-refractivity contribution < 1.29 is 4.74 Å². The average molecular weight is 276 g/mol. The van der Waals surface area contributed by atoms with Gasteiger partial charge in [-0.15, -0.1) is 0 Å². The highest BCUT2D eigenvalue weighted by Crippen LogP contribution is 2.36. The number of nitrogens with zero attached hydrogens (tertiary/aromatic N) is 1. The van der Waals surface area contributed by atoms with Crippen molar-refractivity contribution in [2.75, 3.05) is 7.11 Å². The van der Waals surface area contributed by atoms with Crippen LogP contribution >= 0.6 is 23.4 Å². The van der Waals surface area contributed by atoms with E-state index in [0.717, 1.165) is 15.5 Å². The van der Waals surface area contributed by atoms with E-state index in [2.05, 4.69) is 6.07 Å². The van der Waals surface area contributed by atoms with Crippen LogP contribution in [0.2, 0.25) is 5.02 Å². The number of rotatable bonds is 3. The van der Waals surface area contributed by atoms with E-state index in [0.29, 0.717) is 10.6 Å². The number of hydrogen-bond donors (Lipinski definition) is 0. The zero-order valence-electron chi connectivity index (χ0n) is 9.68. The molecule has 0 atom stereocenters. The maximum atomic E-state index is 8.74. The molecule has 2 aromatic carbocycles. The Balaban J connectivity index is 2.25. The number of hydrogen-bond acceptors (Lipinski definition) is 3. The molecule has 0 saturated heterocycles. The van der Waals surface area contributed by atoms with Gasteiger partial charge in [0.2, 0.25) is 0 Å². The fourth-order valence-electron chi connectivity index (χ4n) is 1.45. The second-order valence-electron chi connectivity index (χ2n) is 3.53. The lowest BCUT2D eigenvalue weighted by molar-refractivity contribution is 0.405. The average Bonchev–Trinajstić information content (AvgIpc) is 2.41. The summed E-state index contributed by atoms with van der Waals surface area (Å²) in [7, 11) is 1.62. The Kier molecular flexibility index (Phi) is 4.14. The highest BCUT2D eigenvalue weighted by atomic mass is 35.5. The molecule has 2 nitrogen and oxygen atoms in total. The molecule has 0 heterocycles. The van der Waals surface area contributed by atoms with E-state index in [1.54, 1.807) is 37.1 Å². The lowest BCUT2D eigenvalue weighted by Gasteiger charge is -2.08.